The fourth-order valence-electron chi connectivity index (χ4n) is 5.08. The third kappa shape index (κ3) is 8.18. The molecule has 15 heteroatoms. The summed E-state index contributed by atoms with van der Waals surface area (Å²) in [5.41, 5.74) is -2.35. The van der Waals surface area contributed by atoms with E-state index in [0.717, 1.165) is 43.9 Å². The first kappa shape index (κ1) is 30.8. The van der Waals surface area contributed by atoms with Crippen molar-refractivity contribution in [3.63, 3.8) is 0 Å². The summed E-state index contributed by atoms with van der Waals surface area (Å²) in [5, 5.41) is 14.0. The van der Waals surface area contributed by atoms with E-state index in [2.05, 4.69) is 10.3 Å². The van der Waals surface area contributed by atoms with Crippen LogP contribution in [0.25, 0.3) is 0 Å². The molecule has 1 saturated heterocycles. The van der Waals surface area contributed by atoms with Gasteiger partial charge in [-0.3, -0.25) is 10.1 Å². The van der Waals surface area contributed by atoms with Gasteiger partial charge in [0, 0.05) is 50.6 Å². The highest BCUT2D eigenvalue weighted by molar-refractivity contribution is 7.80. The topological polar surface area (TPSA) is 83.8 Å². The van der Waals surface area contributed by atoms with Crippen molar-refractivity contribution in [1.29, 1.82) is 0 Å². The van der Waals surface area contributed by atoms with Gasteiger partial charge in [-0.1, -0.05) is 12.2 Å². The molecular formula is C26H29F6N5O3S. The predicted octanol–water partition coefficient (Wildman–Crippen LogP) is 6.16. The molecule has 1 saturated carbocycles. The monoisotopic (exact) mass is 605 g/mol. The molecule has 2 aliphatic rings. The Kier molecular flexibility index (Phi) is 9.57. The summed E-state index contributed by atoms with van der Waals surface area (Å²) in [6.07, 6.45) is -5.01. The van der Waals surface area contributed by atoms with Crippen LogP contribution < -0.4 is 10.2 Å². The summed E-state index contributed by atoms with van der Waals surface area (Å²) in [4.78, 5) is 18.1. The number of hydrogen-bond acceptors (Lipinski definition) is 7. The van der Waals surface area contributed by atoms with Crippen molar-refractivity contribution in [1.82, 2.24) is 9.88 Å². The number of rotatable bonds is 8. The Morgan fingerprint density at radius 1 is 1.02 bits per heavy atom. The maximum atomic E-state index is 13.3. The molecule has 1 aliphatic heterocycles. The number of piperazine rings is 1. The number of nitro benzene ring substituents is 1. The van der Waals surface area contributed by atoms with Crippen LogP contribution in [0.2, 0.25) is 0 Å². The maximum Gasteiger partial charge on any atom is 0.433 e. The van der Waals surface area contributed by atoms with Gasteiger partial charge in [-0.05, 0) is 55.9 Å². The normalized spacial score (nSPS) is 20.1. The van der Waals surface area contributed by atoms with Gasteiger partial charge in [0.1, 0.15) is 16.2 Å². The number of benzene rings is 1. The van der Waals surface area contributed by atoms with Crippen molar-refractivity contribution in [3.05, 3.63) is 57.9 Å². The van der Waals surface area contributed by atoms with E-state index in [-0.39, 0.29) is 24.3 Å². The zero-order chi connectivity index (χ0) is 29.8. The van der Waals surface area contributed by atoms with Gasteiger partial charge >= 0.3 is 12.4 Å². The summed E-state index contributed by atoms with van der Waals surface area (Å²) in [7, 11) is 0. The summed E-state index contributed by atoms with van der Waals surface area (Å²) in [6, 6.07) is 5.30. The van der Waals surface area contributed by atoms with Gasteiger partial charge in [0.05, 0.1) is 23.4 Å². The molecule has 0 atom stereocenters. The molecule has 0 bridgehead atoms. The van der Waals surface area contributed by atoms with Gasteiger partial charge in [-0.2, -0.15) is 26.3 Å². The molecule has 0 unspecified atom stereocenters. The number of alkyl halides is 6. The van der Waals surface area contributed by atoms with Gasteiger partial charge in [0.15, 0.2) is 0 Å². The number of thiocarbonyl (C=S) groups is 1. The highest BCUT2D eigenvalue weighted by Gasteiger charge is 2.38. The average molecular weight is 606 g/mol. The number of nitro groups is 1. The van der Waals surface area contributed by atoms with E-state index < -0.39 is 34.2 Å². The Morgan fingerprint density at radius 2 is 1.71 bits per heavy atom. The molecule has 1 aromatic carbocycles. The lowest BCUT2D eigenvalue weighted by molar-refractivity contribution is -0.388. The molecule has 2 heterocycles. The quantitative estimate of drug-likeness (QED) is 0.166. The molecule has 0 radical (unpaired) electrons. The highest BCUT2D eigenvalue weighted by atomic mass is 32.1. The first-order valence-electron chi connectivity index (χ1n) is 13.1. The summed E-state index contributed by atoms with van der Waals surface area (Å²) >= 11 is 5.52. The van der Waals surface area contributed by atoms with Crippen LogP contribution in [0.15, 0.2) is 36.5 Å². The van der Waals surface area contributed by atoms with E-state index in [0.29, 0.717) is 43.5 Å². The minimum absolute atomic E-state index is 0.0500. The zero-order valence-corrected chi connectivity index (χ0v) is 22.7. The van der Waals surface area contributed by atoms with Gasteiger partial charge < -0.3 is 19.9 Å². The molecule has 8 nitrogen and oxygen atoms in total. The molecule has 0 amide bonds. The van der Waals surface area contributed by atoms with E-state index in [4.69, 9.17) is 17.0 Å². The van der Waals surface area contributed by atoms with E-state index in [9.17, 15) is 36.5 Å². The molecule has 1 aliphatic carbocycles. The Bertz CT molecular complexity index is 1210. The van der Waals surface area contributed by atoms with Gasteiger partial charge in [0.25, 0.3) is 5.69 Å². The maximum absolute atomic E-state index is 13.3. The SMILES string of the molecule is O=[N+]([O-])c1ccc(NC2CCC(COCC(=S)N3CCN(c4ccc(C(F)(F)F)nc4)CC3)CC2)cc1C(F)(F)F. The van der Waals surface area contributed by atoms with Gasteiger partial charge in [-0.15, -0.1) is 0 Å². The first-order chi connectivity index (χ1) is 19.3. The Labute approximate surface area is 237 Å². The number of anilines is 2. The molecular weight excluding hydrogens is 576 g/mol. The number of nitrogens with one attached hydrogen (secondary N) is 1. The van der Waals surface area contributed by atoms with Crippen LogP contribution in [0.4, 0.5) is 43.4 Å². The summed E-state index contributed by atoms with van der Waals surface area (Å²) in [6.45, 7) is 3.17. The molecule has 2 fully saturated rings. The van der Waals surface area contributed by atoms with Crippen LogP contribution in [0.1, 0.15) is 36.9 Å². The van der Waals surface area contributed by atoms with Crippen LogP contribution in [0.5, 0.6) is 0 Å². The Morgan fingerprint density at radius 3 is 2.27 bits per heavy atom. The van der Waals surface area contributed by atoms with Crippen molar-refractivity contribution in [2.24, 2.45) is 5.92 Å². The van der Waals surface area contributed by atoms with Crippen LogP contribution in [0.3, 0.4) is 0 Å². The first-order valence-corrected chi connectivity index (χ1v) is 13.5. The summed E-state index contributed by atoms with van der Waals surface area (Å²) in [5.74, 6) is 0.280. The van der Waals surface area contributed by atoms with Crippen molar-refractivity contribution in [2.45, 2.75) is 44.1 Å². The minimum Gasteiger partial charge on any atom is -0.382 e. The predicted molar refractivity (Wildman–Crippen MR) is 144 cm³/mol. The largest absolute Gasteiger partial charge is 0.433 e. The molecule has 1 aromatic heterocycles. The van der Waals surface area contributed by atoms with Gasteiger partial charge in [0.2, 0.25) is 0 Å². The van der Waals surface area contributed by atoms with Crippen LogP contribution in [0, 0.1) is 16.0 Å². The number of aromatic nitrogens is 1. The zero-order valence-electron chi connectivity index (χ0n) is 21.9. The second-order valence-electron chi connectivity index (χ2n) is 10.1. The summed E-state index contributed by atoms with van der Waals surface area (Å²) < 4.78 is 83.8. The van der Waals surface area contributed by atoms with Crippen molar-refractivity contribution >= 4 is 34.3 Å². The number of halogens is 6. The lowest BCUT2D eigenvalue weighted by Crippen LogP contribution is -2.49. The molecule has 1 N–H and O–H groups in total. The van der Waals surface area contributed by atoms with E-state index in [1.807, 2.05) is 9.80 Å². The minimum atomic E-state index is -4.83. The van der Waals surface area contributed by atoms with Gasteiger partial charge in [-0.25, -0.2) is 4.98 Å². The standard InChI is InChI=1S/C26H29F6N5O3S/c27-25(28,29)21-13-19(5-7-22(21)37(38)39)34-18-3-1-17(2-4-18)15-40-16-24(41)36-11-9-35(10-12-36)20-6-8-23(33-14-20)26(30,31)32/h5-8,13-14,17-18,34H,1-4,9-12,15-16H2. The lowest BCUT2D eigenvalue weighted by atomic mass is 9.86. The Hall–Kier alpha value is -3.20. The molecule has 41 heavy (non-hydrogen) atoms. The fourth-order valence-corrected chi connectivity index (χ4v) is 5.35. The smallest absolute Gasteiger partial charge is 0.382 e. The van der Waals surface area contributed by atoms with Crippen LogP contribution in [-0.4, -0.2) is 65.2 Å². The van der Waals surface area contributed by atoms with E-state index in [1.165, 1.54) is 18.3 Å². The number of nitrogens with zero attached hydrogens (tertiary/aromatic N) is 4. The second-order valence-corrected chi connectivity index (χ2v) is 10.6. The van der Waals surface area contributed by atoms with Crippen molar-refractivity contribution in [2.75, 3.05) is 49.6 Å². The lowest BCUT2D eigenvalue weighted by Gasteiger charge is -2.37. The van der Waals surface area contributed by atoms with Crippen molar-refractivity contribution in [3.8, 4) is 0 Å². The van der Waals surface area contributed by atoms with E-state index >= 15 is 0 Å². The number of ether oxygens (including phenoxy) is 1. The number of hydrogen-bond donors (Lipinski definition) is 1. The van der Waals surface area contributed by atoms with Crippen LogP contribution >= 0.6 is 12.2 Å². The Balaban J connectivity index is 1.16. The van der Waals surface area contributed by atoms with E-state index in [1.54, 1.807) is 0 Å². The number of pyridine rings is 1. The van der Waals surface area contributed by atoms with Crippen LogP contribution in [-0.2, 0) is 17.1 Å². The molecule has 2 aromatic rings. The molecule has 0 spiro atoms. The third-order valence-electron chi connectivity index (χ3n) is 7.33. The molecule has 224 valence electrons. The molecule has 4 rings (SSSR count). The highest BCUT2D eigenvalue weighted by Crippen LogP contribution is 2.38. The van der Waals surface area contributed by atoms with Crippen molar-refractivity contribution < 1.29 is 36.0 Å². The average Bonchev–Trinajstić information content (AvgIpc) is 2.93. The third-order valence-corrected chi connectivity index (χ3v) is 7.71. The fraction of sp³-hybridized carbons (Fsp3) is 0.538. The second kappa shape index (κ2) is 12.8.